The van der Waals surface area contributed by atoms with E-state index in [-0.39, 0.29) is 6.04 Å². The molecule has 0 aromatic carbocycles. The third-order valence-corrected chi connectivity index (χ3v) is 1.70. The maximum Gasteiger partial charge on any atom is 0.166 e. The van der Waals surface area contributed by atoms with Gasteiger partial charge < -0.3 is 5.73 Å². The van der Waals surface area contributed by atoms with Gasteiger partial charge in [-0.25, -0.2) is 4.98 Å². The molecule has 1 atom stereocenters. The Hall–Kier alpha value is -0.900. The summed E-state index contributed by atoms with van der Waals surface area (Å²) in [5.41, 5.74) is 5.62. The summed E-state index contributed by atoms with van der Waals surface area (Å²) in [5.74, 6) is 0.728. The van der Waals surface area contributed by atoms with Crippen LogP contribution in [0.1, 0.15) is 38.6 Å². The summed E-state index contributed by atoms with van der Waals surface area (Å²) in [5, 5.41) is 4.23. The van der Waals surface area contributed by atoms with Gasteiger partial charge in [-0.05, 0) is 13.3 Å². The van der Waals surface area contributed by atoms with Crippen LogP contribution in [0, 0.1) is 0 Å². The average Bonchev–Trinajstić information content (AvgIpc) is 2.48. The third kappa shape index (κ3) is 2.30. The van der Waals surface area contributed by atoms with Crippen LogP contribution < -0.4 is 5.73 Å². The normalized spacial score (nSPS) is 13.2. The van der Waals surface area contributed by atoms with Gasteiger partial charge in [0.1, 0.15) is 6.33 Å². The molecule has 68 valence electrons. The smallest absolute Gasteiger partial charge is 0.166 e. The Morgan fingerprint density at radius 3 is 2.92 bits per heavy atom. The van der Waals surface area contributed by atoms with E-state index in [1.165, 1.54) is 6.42 Å². The van der Waals surface area contributed by atoms with Gasteiger partial charge in [-0.3, -0.25) is 4.68 Å². The summed E-state index contributed by atoms with van der Waals surface area (Å²) in [6.07, 6.45) is 4.06. The highest BCUT2D eigenvalue weighted by Crippen LogP contribution is 2.01. The summed E-state index contributed by atoms with van der Waals surface area (Å²) in [7, 11) is 0. The van der Waals surface area contributed by atoms with E-state index in [9.17, 15) is 0 Å². The number of nitrogens with two attached hydrogens (primary N) is 1. The molecule has 0 fully saturated rings. The monoisotopic (exact) mass is 168 g/mol. The van der Waals surface area contributed by atoms with Gasteiger partial charge in [0, 0.05) is 6.54 Å². The SMILES string of the molecule is CCCCn1cnc(C(C)N)n1. The molecule has 0 bridgehead atoms. The first-order valence-corrected chi connectivity index (χ1v) is 4.39. The van der Waals surface area contributed by atoms with Crippen LogP contribution >= 0.6 is 0 Å². The molecule has 0 aliphatic rings. The molecule has 1 aromatic heterocycles. The van der Waals surface area contributed by atoms with E-state index in [1.54, 1.807) is 6.33 Å². The van der Waals surface area contributed by atoms with Crippen molar-refractivity contribution in [3.8, 4) is 0 Å². The molecule has 12 heavy (non-hydrogen) atoms. The number of aryl methyl sites for hydroxylation is 1. The van der Waals surface area contributed by atoms with E-state index >= 15 is 0 Å². The Morgan fingerprint density at radius 2 is 2.42 bits per heavy atom. The number of hydrogen-bond acceptors (Lipinski definition) is 3. The van der Waals surface area contributed by atoms with E-state index in [2.05, 4.69) is 17.0 Å². The molecular weight excluding hydrogens is 152 g/mol. The fourth-order valence-corrected chi connectivity index (χ4v) is 0.946. The zero-order valence-corrected chi connectivity index (χ0v) is 7.70. The van der Waals surface area contributed by atoms with Crippen LogP contribution in [0.3, 0.4) is 0 Å². The second-order valence-corrected chi connectivity index (χ2v) is 3.01. The Labute approximate surface area is 72.8 Å². The maximum atomic E-state index is 5.62. The van der Waals surface area contributed by atoms with Crippen molar-refractivity contribution in [2.24, 2.45) is 5.73 Å². The highest BCUT2D eigenvalue weighted by Gasteiger charge is 2.04. The lowest BCUT2D eigenvalue weighted by atomic mass is 10.3. The summed E-state index contributed by atoms with van der Waals surface area (Å²) in [4.78, 5) is 4.10. The quantitative estimate of drug-likeness (QED) is 0.732. The van der Waals surface area contributed by atoms with Crippen LogP contribution in [-0.4, -0.2) is 14.8 Å². The van der Waals surface area contributed by atoms with Crippen LogP contribution in [0.25, 0.3) is 0 Å². The number of aromatic nitrogens is 3. The first kappa shape index (κ1) is 9.19. The first-order chi connectivity index (χ1) is 5.74. The van der Waals surface area contributed by atoms with E-state index in [0.717, 1.165) is 18.8 Å². The van der Waals surface area contributed by atoms with Crippen molar-refractivity contribution in [1.29, 1.82) is 0 Å². The molecule has 0 aliphatic heterocycles. The van der Waals surface area contributed by atoms with Crippen molar-refractivity contribution in [3.63, 3.8) is 0 Å². The second-order valence-electron chi connectivity index (χ2n) is 3.01. The fraction of sp³-hybridized carbons (Fsp3) is 0.750. The molecule has 1 heterocycles. The molecule has 4 heteroatoms. The topological polar surface area (TPSA) is 56.7 Å². The third-order valence-electron chi connectivity index (χ3n) is 1.70. The average molecular weight is 168 g/mol. The van der Waals surface area contributed by atoms with Crippen molar-refractivity contribution in [3.05, 3.63) is 12.2 Å². The van der Waals surface area contributed by atoms with Crippen molar-refractivity contribution in [1.82, 2.24) is 14.8 Å². The number of unbranched alkanes of at least 4 members (excludes halogenated alkanes) is 1. The van der Waals surface area contributed by atoms with E-state index < -0.39 is 0 Å². The van der Waals surface area contributed by atoms with Gasteiger partial charge in [0.25, 0.3) is 0 Å². The molecule has 0 spiro atoms. The molecule has 2 N–H and O–H groups in total. The fourth-order valence-electron chi connectivity index (χ4n) is 0.946. The van der Waals surface area contributed by atoms with Crippen molar-refractivity contribution in [2.45, 2.75) is 39.3 Å². The highest BCUT2D eigenvalue weighted by molar-refractivity contribution is 4.87. The van der Waals surface area contributed by atoms with Crippen molar-refractivity contribution in [2.75, 3.05) is 0 Å². The zero-order chi connectivity index (χ0) is 8.97. The van der Waals surface area contributed by atoms with Gasteiger partial charge in [-0.2, -0.15) is 5.10 Å². The standard InChI is InChI=1S/C8H16N4/c1-3-4-5-12-6-10-8(11-12)7(2)9/h6-7H,3-5,9H2,1-2H3. The predicted octanol–water partition coefficient (Wildman–Crippen LogP) is 1.10. The lowest BCUT2D eigenvalue weighted by molar-refractivity contribution is 0.559. The number of nitrogens with zero attached hydrogens (tertiary/aromatic N) is 3. The van der Waals surface area contributed by atoms with E-state index in [4.69, 9.17) is 5.73 Å². The predicted molar refractivity (Wildman–Crippen MR) is 47.5 cm³/mol. The van der Waals surface area contributed by atoms with Gasteiger partial charge in [0.15, 0.2) is 5.82 Å². The molecule has 0 aliphatic carbocycles. The minimum absolute atomic E-state index is 0.0622. The summed E-state index contributed by atoms with van der Waals surface area (Å²) in [6.45, 7) is 4.99. The summed E-state index contributed by atoms with van der Waals surface area (Å²) in [6, 6.07) is -0.0622. The molecule has 1 aromatic rings. The molecule has 1 rings (SSSR count). The Morgan fingerprint density at radius 1 is 1.67 bits per heavy atom. The Balaban J connectivity index is 2.52. The minimum Gasteiger partial charge on any atom is -0.321 e. The van der Waals surface area contributed by atoms with Crippen molar-refractivity contribution >= 4 is 0 Å². The molecule has 4 nitrogen and oxygen atoms in total. The van der Waals surface area contributed by atoms with E-state index in [0.29, 0.717) is 0 Å². The van der Waals surface area contributed by atoms with Gasteiger partial charge in [0.05, 0.1) is 6.04 Å². The minimum atomic E-state index is -0.0622. The van der Waals surface area contributed by atoms with Crippen LogP contribution in [0.5, 0.6) is 0 Å². The summed E-state index contributed by atoms with van der Waals surface area (Å²) >= 11 is 0. The van der Waals surface area contributed by atoms with Crippen molar-refractivity contribution < 1.29 is 0 Å². The van der Waals surface area contributed by atoms with Crippen LogP contribution in [0.15, 0.2) is 6.33 Å². The molecule has 0 saturated carbocycles. The van der Waals surface area contributed by atoms with Gasteiger partial charge in [-0.15, -0.1) is 0 Å². The zero-order valence-electron chi connectivity index (χ0n) is 7.70. The van der Waals surface area contributed by atoms with Gasteiger partial charge in [0.2, 0.25) is 0 Å². The number of rotatable bonds is 4. The second kappa shape index (κ2) is 4.21. The Kier molecular flexibility index (Phi) is 3.22. The van der Waals surface area contributed by atoms with Crippen LogP contribution in [-0.2, 0) is 6.54 Å². The number of hydrogen-bond donors (Lipinski definition) is 1. The molecule has 1 unspecified atom stereocenters. The van der Waals surface area contributed by atoms with Crippen LogP contribution in [0.2, 0.25) is 0 Å². The lowest BCUT2D eigenvalue weighted by Crippen LogP contribution is -2.08. The molecule has 0 radical (unpaired) electrons. The highest BCUT2D eigenvalue weighted by atomic mass is 15.3. The van der Waals surface area contributed by atoms with Gasteiger partial charge in [-0.1, -0.05) is 13.3 Å². The molecule has 0 amide bonds. The largest absolute Gasteiger partial charge is 0.321 e. The molecular formula is C8H16N4. The molecule has 0 saturated heterocycles. The van der Waals surface area contributed by atoms with Gasteiger partial charge >= 0.3 is 0 Å². The lowest BCUT2D eigenvalue weighted by Gasteiger charge is -1.98. The van der Waals surface area contributed by atoms with Crippen LogP contribution in [0.4, 0.5) is 0 Å². The first-order valence-electron chi connectivity index (χ1n) is 4.39. The summed E-state index contributed by atoms with van der Waals surface area (Å²) < 4.78 is 1.85. The maximum absolute atomic E-state index is 5.62. The van der Waals surface area contributed by atoms with E-state index in [1.807, 2.05) is 11.6 Å². The Bertz CT molecular complexity index is 229.